The van der Waals surface area contributed by atoms with E-state index in [1.165, 1.54) is 0 Å². The molecule has 0 aliphatic heterocycles. The molecule has 0 saturated heterocycles. The SMILES string of the molecule is C#CC(I)OC(=O)Cc1c(Cl)c([N+](=O)[O-])cc([N+](=O)[O-])c1Cl. The lowest BCUT2D eigenvalue weighted by atomic mass is 10.1. The minimum Gasteiger partial charge on any atom is -0.439 e. The summed E-state index contributed by atoms with van der Waals surface area (Å²) in [6.45, 7) is 0. The van der Waals surface area contributed by atoms with Crippen LogP contribution < -0.4 is 0 Å². The van der Waals surface area contributed by atoms with Crippen LogP contribution in [0.1, 0.15) is 5.56 Å². The van der Waals surface area contributed by atoms with E-state index in [0.717, 1.165) is 0 Å². The Morgan fingerprint density at radius 2 is 1.77 bits per heavy atom. The molecule has 1 aromatic rings. The van der Waals surface area contributed by atoms with Gasteiger partial charge in [0.15, 0.2) is 0 Å². The van der Waals surface area contributed by atoms with Gasteiger partial charge in [-0.3, -0.25) is 25.0 Å². The Kier molecular flexibility index (Phi) is 6.34. The standard InChI is InChI=1S/C11H5Cl2IN2O6/c1-2-8(14)22-9(17)3-5-10(12)6(15(18)19)4-7(11(5)13)16(20)21/h1,4,8H,3H2. The summed E-state index contributed by atoms with van der Waals surface area (Å²) >= 11 is 13.3. The van der Waals surface area contributed by atoms with E-state index in [9.17, 15) is 25.0 Å². The molecule has 0 amide bonds. The maximum Gasteiger partial charge on any atom is 0.312 e. The van der Waals surface area contributed by atoms with Crippen molar-refractivity contribution in [3.05, 3.63) is 41.9 Å². The number of carbonyl (C=O) groups is 1. The van der Waals surface area contributed by atoms with Crippen molar-refractivity contribution in [1.82, 2.24) is 0 Å². The Hall–Kier alpha value is -1.64. The van der Waals surface area contributed by atoms with E-state index in [0.29, 0.717) is 6.07 Å². The molecule has 0 bridgehead atoms. The lowest BCUT2D eigenvalue weighted by Crippen LogP contribution is -2.14. The second-order valence-corrected chi connectivity index (χ2v) is 5.57. The van der Waals surface area contributed by atoms with Crippen LogP contribution in [-0.4, -0.2) is 19.9 Å². The third-order valence-corrected chi connectivity index (χ3v) is 3.79. The number of nitrogens with zero attached hydrogens (tertiary/aromatic N) is 2. The molecule has 11 heteroatoms. The number of benzene rings is 1. The fourth-order valence-electron chi connectivity index (χ4n) is 1.42. The molecule has 22 heavy (non-hydrogen) atoms. The molecular formula is C11H5Cl2IN2O6. The number of terminal acetylenes is 1. The molecule has 1 rings (SSSR count). The second kappa shape index (κ2) is 7.57. The summed E-state index contributed by atoms with van der Waals surface area (Å²) in [4.78, 5) is 31.6. The van der Waals surface area contributed by atoms with Gasteiger partial charge in [0.2, 0.25) is 4.11 Å². The molecule has 1 aromatic carbocycles. The summed E-state index contributed by atoms with van der Waals surface area (Å²) < 4.78 is 3.90. The Bertz CT molecular complexity index is 665. The molecule has 0 spiro atoms. The fraction of sp³-hybridized carbons (Fsp3) is 0.182. The van der Waals surface area contributed by atoms with Crippen molar-refractivity contribution in [2.75, 3.05) is 0 Å². The number of esters is 1. The maximum atomic E-state index is 11.7. The van der Waals surface area contributed by atoms with Crippen LogP contribution in [0.4, 0.5) is 11.4 Å². The summed E-state index contributed by atoms with van der Waals surface area (Å²) in [6, 6.07) is 0.627. The van der Waals surface area contributed by atoms with Crippen LogP contribution in [0.2, 0.25) is 10.0 Å². The average Bonchev–Trinajstić information content (AvgIpc) is 2.42. The van der Waals surface area contributed by atoms with Crippen molar-refractivity contribution in [3.63, 3.8) is 0 Å². The van der Waals surface area contributed by atoms with Crippen LogP contribution in [0.25, 0.3) is 0 Å². The zero-order valence-electron chi connectivity index (χ0n) is 10.4. The van der Waals surface area contributed by atoms with E-state index in [4.69, 9.17) is 34.4 Å². The normalized spacial score (nSPS) is 11.4. The minimum atomic E-state index is -0.914. The van der Waals surface area contributed by atoms with E-state index >= 15 is 0 Å². The first kappa shape index (κ1) is 18.4. The van der Waals surface area contributed by atoms with Gasteiger partial charge in [-0.05, 0) is 22.6 Å². The first-order valence-corrected chi connectivity index (χ1v) is 7.28. The molecule has 1 unspecified atom stereocenters. The molecule has 0 aromatic heterocycles. The highest BCUT2D eigenvalue weighted by Gasteiger charge is 2.29. The van der Waals surface area contributed by atoms with Gasteiger partial charge in [0.05, 0.1) is 22.3 Å². The number of nitro benzene ring substituents is 2. The van der Waals surface area contributed by atoms with Crippen molar-refractivity contribution in [3.8, 4) is 12.3 Å². The predicted molar refractivity (Wildman–Crippen MR) is 86.2 cm³/mol. The van der Waals surface area contributed by atoms with Gasteiger partial charge in [0.25, 0.3) is 11.4 Å². The van der Waals surface area contributed by atoms with Crippen molar-refractivity contribution in [1.29, 1.82) is 0 Å². The van der Waals surface area contributed by atoms with Gasteiger partial charge in [-0.25, -0.2) is 0 Å². The zero-order valence-corrected chi connectivity index (χ0v) is 14.1. The topological polar surface area (TPSA) is 113 Å². The molecule has 0 saturated carbocycles. The third-order valence-electron chi connectivity index (χ3n) is 2.33. The Labute approximate surface area is 147 Å². The molecule has 0 heterocycles. The van der Waals surface area contributed by atoms with E-state index in [2.05, 4.69) is 5.92 Å². The minimum absolute atomic E-state index is 0.269. The van der Waals surface area contributed by atoms with Gasteiger partial charge in [-0.2, -0.15) is 0 Å². The molecule has 0 fully saturated rings. The van der Waals surface area contributed by atoms with Gasteiger partial charge < -0.3 is 4.74 Å². The highest BCUT2D eigenvalue weighted by atomic mass is 127. The maximum absolute atomic E-state index is 11.7. The van der Waals surface area contributed by atoms with Crippen LogP contribution in [0.15, 0.2) is 6.07 Å². The lowest BCUT2D eigenvalue weighted by Gasteiger charge is -2.09. The molecule has 0 aliphatic carbocycles. The number of hydrogen-bond donors (Lipinski definition) is 0. The Morgan fingerprint density at radius 1 is 1.32 bits per heavy atom. The van der Waals surface area contributed by atoms with Gasteiger partial charge >= 0.3 is 5.97 Å². The highest BCUT2D eigenvalue weighted by molar-refractivity contribution is 14.1. The highest BCUT2D eigenvalue weighted by Crippen LogP contribution is 2.40. The van der Waals surface area contributed by atoms with Crippen molar-refractivity contribution in [2.45, 2.75) is 10.5 Å². The predicted octanol–water partition coefficient (Wildman–Crippen LogP) is 3.29. The van der Waals surface area contributed by atoms with E-state index in [1.54, 1.807) is 22.6 Å². The summed E-state index contributed by atoms with van der Waals surface area (Å²) in [5.74, 6) is 1.25. The number of ether oxygens (including phenoxy) is 1. The molecule has 1 atom stereocenters. The molecule has 8 nitrogen and oxygen atoms in total. The molecule has 116 valence electrons. The Morgan fingerprint density at radius 3 is 2.14 bits per heavy atom. The number of alkyl halides is 1. The van der Waals surface area contributed by atoms with Crippen LogP contribution in [0.5, 0.6) is 0 Å². The average molecular weight is 459 g/mol. The zero-order chi connectivity index (χ0) is 17.0. The molecule has 0 radical (unpaired) electrons. The number of halogens is 3. The first-order chi connectivity index (χ1) is 10.2. The largest absolute Gasteiger partial charge is 0.439 e. The molecule has 0 N–H and O–H groups in total. The first-order valence-electron chi connectivity index (χ1n) is 5.28. The monoisotopic (exact) mass is 458 g/mol. The van der Waals surface area contributed by atoms with Gasteiger partial charge in [-0.15, -0.1) is 6.42 Å². The summed E-state index contributed by atoms with van der Waals surface area (Å²) in [7, 11) is 0. The summed E-state index contributed by atoms with van der Waals surface area (Å²) in [5, 5.41) is 20.8. The smallest absolute Gasteiger partial charge is 0.312 e. The van der Waals surface area contributed by atoms with Gasteiger partial charge in [-0.1, -0.05) is 29.1 Å². The number of carbonyl (C=O) groups excluding carboxylic acids is 1. The number of hydrogen-bond acceptors (Lipinski definition) is 6. The quantitative estimate of drug-likeness (QED) is 0.167. The Balaban J connectivity index is 3.34. The lowest BCUT2D eigenvalue weighted by molar-refractivity contribution is -0.394. The van der Waals surface area contributed by atoms with Crippen molar-refractivity contribution < 1.29 is 19.4 Å². The molecular weight excluding hydrogens is 454 g/mol. The van der Waals surface area contributed by atoms with Crippen molar-refractivity contribution >= 4 is 63.1 Å². The fourth-order valence-corrected chi connectivity index (χ4v) is 2.32. The van der Waals surface area contributed by atoms with Crippen LogP contribution in [-0.2, 0) is 16.0 Å². The summed E-state index contributed by atoms with van der Waals surface area (Å²) in [6.07, 6.45) is 4.44. The van der Waals surface area contributed by atoms with Crippen LogP contribution in [0.3, 0.4) is 0 Å². The number of rotatable bonds is 5. The van der Waals surface area contributed by atoms with E-state index in [1.807, 2.05) is 0 Å². The van der Waals surface area contributed by atoms with Crippen LogP contribution in [0, 0.1) is 32.6 Å². The van der Waals surface area contributed by atoms with Crippen molar-refractivity contribution in [2.24, 2.45) is 0 Å². The van der Waals surface area contributed by atoms with E-state index in [-0.39, 0.29) is 5.56 Å². The second-order valence-electron chi connectivity index (χ2n) is 3.68. The third kappa shape index (κ3) is 4.19. The van der Waals surface area contributed by atoms with Gasteiger partial charge in [0, 0.05) is 5.56 Å². The summed E-state index contributed by atoms with van der Waals surface area (Å²) in [5.41, 5.74) is -1.73. The number of nitro groups is 2. The van der Waals surface area contributed by atoms with Gasteiger partial charge in [0.1, 0.15) is 10.0 Å². The van der Waals surface area contributed by atoms with Crippen LogP contribution >= 0.6 is 45.8 Å². The molecule has 0 aliphatic rings. The van der Waals surface area contributed by atoms with E-state index < -0.39 is 47.8 Å².